The number of pyridine rings is 1. The van der Waals surface area contributed by atoms with Crippen molar-refractivity contribution >= 4 is 16.7 Å². The quantitative estimate of drug-likeness (QED) is 0.939. The van der Waals surface area contributed by atoms with Crippen LogP contribution >= 0.6 is 0 Å². The maximum atomic E-state index is 4.57. The average Bonchev–Trinajstić information content (AvgIpc) is 2.89. The highest BCUT2D eigenvalue weighted by molar-refractivity contribution is 5.78. The second kappa shape index (κ2) is 6.02. The van der Waals surface area contributed by atoms with Crippen LogP contribution in [0.25, 0.3) is 11.0 Å². The summed E-state index contributed by atoms with van der Waals surface area (Å²) in [6, 6.07) is 3.12. The van der Waals surface area contributed by atoms with Gasteiger partial charge in [-0.1, -0.05) is 6.42 Å². The lowest BCUT2D eigenvalue weighted by Crippen LogP contribution is -2.40. The van der Waals surface area contributed by atoms with Crippen LogP contribution in [0.1, 0.15) is 39.2 Å². The summed E-state index contributed by atoms with van der Waals surface area (Å²) in [5.74, 6) is 0. The smallest absolute Gasteiger partial charge is 0.158 e. The molecule has 0 bridgehead atoms. The van der Waals surface area contributed by atoms with E-state index in [1.807, 2.05) is 17.1 Å². The molecule has 0 spiro atoms. The third-order valence-corrected chi connectivity index (χ3v) is 4.39. The first-order valence-electron chi connectivity index (χ1n) is 7.92. The van der Waals surface area contributed by atoms with Gasteiger partial charge in [-0.15, -0.1) is 0 Å². The van der Waals surface area contributed by atoms with Crippen LogP contribution in [0.5, 0.6) is 0 Å². The summed E-state index contributed by atoms with van der Waals surface area (Å²) >= 11 is 0. The van der Waals surface area contributed by atoms with Gasteiger partial charge in [0.15, 0.2) is 5.65 Å². The molecule has 1 N–H and O–H groups in total. The number of rotatable bonds is 4. The Kier molecular flexibility index (Phi) is 4.10. The number of nitrogens with zero attached hydrogens (tertiary/aromatic N) is 4. The monoisotopic (exact) mass is 287 g/mol. The molecule has 2 aromatic heterocycles. The standard InChI is InChI=1S/C16H25N5/c1-12(2)21-16-13(9-19-21)8-14(10-18-16)17-11-15-6-4-5-7-20(15)3/h8-10,12,15,17H,4-7,11H2,1-3H3. The first-order valence-corrected chi connectivity index (χ1v) is 7.92. The Morgan fingerprint density at radius 2 is 2.19 bits per heavy atom. The van der Waals surface area contributed by atoms with Gasteiger partial charge in [0, 0.05) is 24.0 Å². The average molecular weight is 287 g/mol. The Labute approximate surface area is 126 Å². The van der Waals surface area contributed by atoms with Crippen LogP contribution in [0.3, 0.4) is 0 Å². The van der Waals surface area contributed by atoms with E-state index in [1.165, 1.54) is 25.8 Å². The molecule has 3 rings (SSSR count). The number of nitrogens with one attached hydrogen (secondary N) is 1. The highest BCUT2D eigenvalue weighted by atomic mass is 15.3. The fourth-order valence-electron chi connectivity index (χ4n) is 3.05. The van der Waals surface area contributed by atoms with Gasteiger partial charge in [0.2, 0.25) is 0 Å². The normalized spacial score (nSPS) is 20.3. The van der Waals surface area contributed by atoms with Crippen molar-refractivity contribution in [1.29, 1.82) is 0 Å². The summed E-state index contributed by atoms with van der Waals surface area (Å²) < 4.78 is 1.97. The number of fused-ring (bicyclic) bond motifs is 1. The SMILES string of the molecule is CC(C)n1ncc2cc(NCC3CCCCN3C)cnc21. The molecule has 1 unspecified atom stereocenters. The molecule has 114 valence electrons. The van der Waals surface area contributed by atoms with Crippen LogP contribution in [-0.2, 0) is 0 Å². The van der Waals surface area contributed by atoms with E-state index in [0.29, 0.717) is 12.1 Å². The first kappa shape index (κ1) is 14.3. The lowest BCUT2D eigenvalue weighted by molar-refractivity contribution is 0.194. The van der Waals surface area contributed by atoms with Gasteiger partial charge >= 0.3 is 0 Å². The summed E-state index contributed by atoms with van der Waals surface area (Å²) in [6.45, 7) is 6.45. The highest BCUT2D eigenvalue weighted by Gasteiger charge is 2.18. The van der Waals surface area contributed by atoms with Crippen molar-refractivity contribution < 1.29 is 0 Å². The van der Waals surface area contributed by atoms with Crippen molar-refractivity contribution in [3.05, 3.63) is 18.5 Å². The van der Waals surface area contributed by atoms with Crippen LogP contribution in [0, 0.1) is 0 Å². The minimum atomic E-state index is 0.338. The van der Waals surface area contributed by atoms with Gasteiger partial charge in [-0.3, -0.25) is 0 Å². The van der Waals surface area contributed by atoms with Gasteiger partial charge in [0.1, 0.15) is 0 Å². The molecule has 0 saturated carbocycles. The molecule has 21 heavy (non-hydrogen) atoms. The third kappa shape index (κ3) is 3.02. The van der Waals surface area contributed by atoms with Gasteiger partial charge in [-0.05, 0) is 46.3 Å². The maximum Gasteiger partial charge on any atom is 0.158 e. The lowest BCUT2D eigenvalue weighted by Gasteiger charge is -2.32. The number of hydrogen-bond acceptors (Lipinski definition) is 4. The van der Waals surface area contributed by atoms with Crippen molar-refractivity contribution in [1.82, 2.24) is 19.7 Å². The van der Waals surface area contributed by atoms with E-state index in [4.69, 9.17) is 0 Å². The number of hydrogen-bond donors (Lipinski definition) is 1. The summed E-state index contributed by atoms with van der Waals surface area (Å²) in [5, 5.41) is 9.05. The molecule has 0 amide bonds. The lowest BCUT2D eigenvalue weighted by atomic mass is 10.0. The molecule has 1 aliphatic heterocycles. The van der Waals surface area contributed by atoms with Crippen LogP contribution in [0.15, 0.2) is 18.5 Å². The molecule has 3 heterocycles. The fraction of sp³-hybridized carbons (Fsp3) is 0.625. The van der Waals surface area contributed by atoms with Crippen molar-refractivity contribution in [2.24, 2.45) is 0 Å². The molecule has 1 aliphatic rings. The molecular weight excluding hydrogens is 262 g/mol. The molecular formula is C16H25N5. The van der Waals surface area contributed by atoms with Crippen molar-refractivity contribution in [2.45, 2.75) is 45.2 Å². The summed E-state index contributed by atoms with van der Waals surface area (Å²) in [6.07, 6.45) is 7.78. The number of aromatic nitrogens is 3. The zero-order valence-electron chi connectivity index (χ0n) is 13.2. The van der Waals surface area contributed by atoms with Crippen molar-refractivity contribution in [2.75, 3.05) is 25.5 Å². The Balaban J connectivity index is 1.70. The molecule has 0 radical (unpaired) electrons. The second-order valence-electron chi connectivity index (χ2n) is 6.33. The molecule has 2 aromatic rings. The summed E-state index contributed by atoms with van der Waals surface area (Å²) in [7, 11) is 2.22. The topological polar surface area (TPSA) is 46.0 Å². The van der Waals surface area contributed by atoms with E-state index >= 15 is 0 Å². The summed E-state index contributed by atoms with van der Waals surface area (Å²) in [5.41, 5.74) is 2.05. The van der Waals surface area contributed by atoms with E-state index in [9.17, 15) is 0 Å². The minimum absolute atomic E-state index is 0.338. The summed E-state index contributed by atoms with van der Waals surface area (Å²) in [4.78, 5) is 7.03. The van der Waals surface area contributed by atoms with E-state index in [-0.39, 0.29) is 0 Å². The van der Waals surface area contributed by atoms with Crippen LogP contribution in [0.2, 0.25) is 0 Å². The largest absolute Gasteiger partial charge is 0.382 e. The molecule has 0 aliphatic carbocycles. The van der Waals surface area contributed by atoms with Crippen LogP contribution in [-0.4, -0.2) is 45.8 Å². The predicted octanol–water partition coefficient (Wildman–Crippen LogP) is 2.91. The van der Waals surface area contributed by atoms with Crippen molar-refractivity contribution in [3.63, 3.8) is 0 Å². The van der Waals surface area contributed by atoms with Gasteiger partial charge in [-0.2, -0.15) is 5.10 Å². The molecule has 5 nitrogen and oxygen atoms in total. The predicted molar refractivity (Wildman–Crippen MR) is 86.7 cm³/mol. The number of anilines is 1. The Morgan fingerprint density at radius 3 is 2.95 bits per heavy atom. The van der Waals surface area contributed by atoms with Crippen LogP contribution in [0.4, 0.5) is 5.69 Å². The fourth-order valence-corrected chi connectivity index (χ4v) is 3.05. The molecule has 1 saturated heterocycles. The van der Waals surface area contributed by atoms with Crippen molar-refractivity contribution in [3.8, 4) is 0 Å². The Morgan fingerprint density at radius 1 is 1.33 bits per heavy atom. The number of likely N-dealkylation sites (N-methyl/N-ethyl adjacent to an activating group) is 1. The van der Waals surface area contributed by atoms with Gasteiger partial charge in [0.25, 0.3) is 0 Å². The number of likely N-dealkylation sites (tertiary alicyclic amines) is 1. The minimum Gasteiger partial charge on any atom is -0.382 e. The van der Waals surface area contributed by atoms with Gasteiger partial charge in [0.05, 0.1) is 18.1 Å². The maximum absolute atomic E-state index is 4.57. The number of piperidine rings is 1. The molecule has 5 heteroatoms. The van der Waals surface area contributed by atoms with E-state index in [0.717, 1.165) is 23.3 Å². The second-order valence-corrected chi connectivity index (χ2v) is 6.33. The van der Waals surface area contributed by atoms with E-state index < -0.39 is 0 Å². The zero-order chi connectivity index (χ0) is 14.8. The Bertz CT molecular complexity index is 604. The van der Waals surface area contributed by atoms with E-state index in [2.05, 4.69) is 47.3 Å². The van der Waals surface area contributed by atoms with E-state index in [1.54, 1.807) is 0 Å². The molecule has 0 aromatic carbocycles. The highest BCUT2D eigenvalue weighted by Crippen LogP contribution is 2.20. The molecule has 1 fully saturated rings. The third-order valence-electron chi connectivity index (χ3n) is 4.39. The van der Waals surface area contributed by atoms with Crippen LogP contribution < -0.4 is 5.32 Å². The zero-order valence-corrected chi connectivity index (χ0v) is 13.2. The first-order chi connectivity index (χ1) is 10.1. The Hall–Kier alpha value is -1.62. The molecule has 1 atom stereocenters. The van der Waals surface area contributed by atoms with Gasteiger partial charge < -0.3 is 10.2 Å². The van der Waals surface area contributed by atoms with Gasteiger partial charge in [-0.25, -0.2) is 9.67 Å².